The van der Waals surface area contributed by atoms with E-state index in [9.17, 15) is 0 Å². The molecule has 0 spiro atoms. The number of rotatable bonds is 7. The lowest BCUT2D eigenvalue weighted by Crippen LogP contribution is -2.36. The smallest absolute Gasteiger partial charge is 0.155 e. The van der Waals surface area contributed by atoms with Crippen LogP contribution in [0.25, 0.3) is 22.3 Å². The molecule has 0 amide bonds. The Morgan fingerprint density at radius 2 is 2.09 bits per heavy atom. The molecule has 0 saturated carbocycles. The zero-order chi connectivity index (χ0) is 24.4. The summed E-state index contributed by atoms with van der Waals surface area (Å²) in [4.78, 5) is 15.0. The maximum Gasteiger partial charge on any atom is 0.155 e. The topological polar surface area (TPSA) is 79.1 Å². The van der Waals surface area contributed by atoms with Crippen LogP contribution in [0.4, 0.5) is 5.69 Å². The molecule has 4 heterocycles. The van der Waals surface area contributed by atoms with Gasteiger partial charge in [-0.15, -0.1) is 0 Å². The van der Waals surface area contributed by atoms with E-state index in [4.69, 9.17) is 10.1 Å². The van der Waals surface area contributed by atoms with Crippen molar-refractivity contribution in [2.45, 2.75) is 33.7 Å². The third kappa shape index (κ3) is 4.70. The van der Waals surface area contributed by atoms with E-state index >= 15 is 0 Å². The Hall–Kier alpha value is -3.91. The molecule has 180 valence electrons. The highest BCUT2D eigenvalue weighted by Crippen LogP contribution is 2.30. The minimum atomic E-state index is 0.755. The molecule has 0 bridgehead atoms. The van der Waals surface area contributed by atoms with Crippen LogP contribution in [0.2, 0.25) is 0 Å². The van der Waals surface area contributed by atoms with E-state index < -0.39 is 0 Å². The number of nitrogens with zero attached hydrogens (tertiary/aromatic N) is 6. The van der Waals surface area contributed by atoms with Gasteiger partial charge in [0.15, 0.2) is 5.84 Å². The zero-order valence-corrected chi connectivity index (χ0v) is 20.8. The first-order valence-corrected chi connectivity index (χ1v) is 12.1. The maximum absolute atomic E-state index is 4.92. The minimum absolute atomic E-state index is 0.755. The molecule has 8 nitrogen and oxygen atoms in total. The standard InChI is InChI=1S/C27H32N8/c1-5-8-26(35-17-20(19(3)32-35)16-34-13-7-14-34)31-25(6-2)30-21-9-10-24-22(15-21)23(18-33(24)4)27-28-11-12-29-27/h5-6,8-12,15,17-18,30H,7,13-14,16H2,1-4H3,(H,28,29)/b8-5-,25-6+,31-26+. The fourth-order valence-electron chi connectivity index (χ4n) is 4.37. The van der Waals surface area contributed by atoms with Crippen molar-refractivity contribution in [1.29, 1.82) is 0 Å². The normalized spacial score (nSPS) is 15.3. The highest BCUT2D eigenvalue weighted by molar-refractivity contribution is 5.97. The van der Waals surface area contributed by atoms with E-state index in [1.807, 2.05) is 43.0 Å². The summed E-state index contributed by atoms with van der Waals surface area (Å²) in [6.07, 6.45) is 15.1. The lowest BCUT2D eigenvalue weighted by molar-refractivity contribution is 0.172. The van der Waals surface area contributed by atoms with Crippen LogP contribution in [-0.4, -0.2) is 48.1 Å². The van der Waals surface area contributed by atoms with E-state index in [-0.39, 0.29) is 0 Å². The Labute approximate surface area is 205 Å². The molecule has 0 atom stereocenters. The second-order valence-electron chi connectivity index (χ2n) is 8.91. The number of H-pyrrole nitrogens is 1. The van der Waals surface area contributed by atoms with Gasteiger partial charge in [-0.25, -0.2) is 14.7 Å². The first-order valence-electron chi connectivity index (χ1n) is 12.1. The van der Waals surface area contributed by atoms with Gasteiger partial charge in [-0.1, -0.05) is 6.08 Å². The quantitative estimate of drug-likeness (QED) is 0.293. The van der Waals surface area contributed by atoms with Crippen LogP contribution in [0, 0.1) is 6.92 Å². The summed E-state index contributed by atoms with van der Waals surface area (Å²) in [7, 11) is 2.05. The van der Waals surface area contributed by atoms with E-state index in [0.29, 0.717) is 0 Å². The van der Waals surface area contributed by atoms with Gasteiger partial charge in [-0.2, -0.15) is 5.10 Å². The molecule has 1 saturated heterocycles. The van der Waals surface area contributed by atoms with E-state index in [2.05, 4.69) is 69.3 Å². The second-order valence-corrected chi connectivity index (χ2v) is 8.91. The number of fused-ring (bicyclic) bond motifs is 1. The molecular formula is C27H32N8. The van der Waals surface area contributed by atoms with Gasteiger partial charge in [-0.3, -0.25) is 4.90 Å². The molecule has 5 rings (SSSR count). The average molecular weight is 469 g/mol. The Bertz CT molecular complexity index is 1410. The number of hydrogen-bond donors (Lipinski definition) is 2. The van der Waals surface area contributed by atoms with Crippen LogP contribution in [-0.2, 0) is 13.6 Å². The summed E-state index contributed by atoms with van der Waals surface area (Å²) in [6, 6.07) is 6.34. The zero-order valence-electron chi connectivity index (χ0n) is 20.8. The van der Waals surface area contributed by atoms with Crippen LogP contribution in [0.1, 0.15) is 31.5 Å². The number of aliphatic imine (C=N–C) groups is 1. The number of anilines is 1. The number of allylic oxidation sites excluding steroid dienone is 3. The van der Waals surface area contributed by atoms with Crippen molar-refractivity contribution in [2.75, 3.05) is 18.4 Å². The molecule has 1 aliphatic heterocycles. The lowest BCUT2D eigenvalue weighted by atomic mass is 10.1. The maximum atomic E-state index is 4.92. The molecule has 35 heavy (non-hydrogen) atoms. The molecule has 4 aromatic rings. The largest absolute Gasteiger partial charge is 0.350 e. The predicted molar refractivity (Wildman–Crippen MR) is 142 cm³/mol. The number of aromatic amines is 1. The highest BCUT2D eigenvalue weighted by atomic mass is 15.3. The van der Waals surface area contributed by atoms with Gasteiger partial charge in [-0.05, 0) is 70.6 Å². The number of aromatic nitrogens is 5. The monoisotopic (exact) mass is 468 g/mol. The Kier molecular flexibility index (Phi) is 6.37. The minimum Gasteiger partial charge on any atom is -0.350 e. The van der Waals surface area contributed by atoms with Gasteiger partial charge in [0.05, 0.1) is 5.69 Å². The summed E-state index contributed by atoms with van der Waals surface area (Å²) in [5.41, 5.74) is 5.46. The molecule has 8 heteroatoms. The molecule has 0 unspecified atom stereocenters. The number of hydrogen-bond acceptors (Lipinski definition) is 5. The van der Waals surface area contributed by atoms with Crippen molar-refractivity contribution < 1.29 is 0 Å². The third-order valence-corrected chi connectivity index (χ3v) is 6.42. The highest BCUT2D eigenvalue weighted by Gasteiger charge is 2.17. The number of likely N-dealkylation sites (tertiary alicyclic amines) is 1. The van der Waals surface area contributed by atoms with Gasteiger partial charge in [0, 0.05) is 66.1 Å². The van der Waals surface area contributed by atoms with Gasteiger partial charge in [0.2, 0.25) is 0 Å². The number of nitrogens with one attached hydrogen (secondary N) is 2. The molecule has 1 fully saturated rings. The molecule has 0 radical (unpaired) electrons. The molecular weight excluding hydrogens is 436 g/mol. The van der Waals surface area contributed by atoms with Crippen molar-refractivity contribution in [3.8, 4) is 11.4 Å². The Morgan fingerprint density at radius 3 is 2.77 bits per heavy atom. The van der Waals surface area contributed by atoms with Gasteiger partial charge in [0.1, 0.15) is 11.6 Å². The van der Waals surface area contributed by atoms with Crippen LogP contribution >= 0.6 is 0 Å². The Morgan fingerprint density at radius 1 is 1.23 bits per heavy atom. The molecule has 2 N–H and O–H groups in total. The van der Waals surface area contributed by atoms with Crippen molar-refractivity contribution in [1.82, 2.24) is 29.2 Å². The van der Waals surface area contributed by atoms with Crippen LogP contribution < -0.4 is 5.32 Å². The van der Waals surface area contributed by atoms with Gasteiger partial charge in [0.25, 0.3) is 0 Å². The number of benzene rings is 1. The van der Waals surface area contributed by atoms with Gasteiger partial charge >= 0.3 is 0 Å². The summed E-state index contributed by atoms with van der Waals surface area (Å²) in [6.45, 7) is 9.33. The van der Waals surface area contributed by atoms with E-state index in [1.54, 1.807) is 6.20 Å². The van der Waals surface area contributed by atoms with Crippen LogP contribution in [0.3, 0.4) is 0 Å². The molecule has 1 aliphatic rings. The fraction of sp³-hybridized carbons (Fsp3) is 0.296. The molecule has 0 aliphatic carbocycles. The summed E-state index contributed by atoms with van der Waals surface area (Å²) >= 11 is 0. The van der Waals surface area contributed by atoms with Crippen molar-refractivity contribution >= 4 is 22.4 Å². The first-order chi connectivity index (χ1) is 17.1. The predicted octanol–water partition coefficient (Wildman–Crippen LogP) is 5.08. The van der Waals surface area contributed by atoms with Crippen LogP contribution in [0.5, 0.6) is 0 Å². The van der Waals surface area contributed by atoms with Crippen molar-refractivity contribution in [2.24, 2.45) is 12.0 Å². The summed E-state index contributed by atoms with van der Waals surface area (Å²) < 4.78 is 4.00. The fourth-order valence-corrected chi connectivity index (χ4v) is 4.37. The third-order valence-electron chi connectivity index (χ3n) is 6.42. The first kappa shape index (κ1) is 22.9. The number of aryl methyl sites for hydroxylation is 2. The average Bonchev–Trinajstić information content (AvgIpc) is 3.55. The molecule has 1 aromatic carbocycles. The van der Waals surface area contributed by atoms with Crippen molar-refractivity contribution in [3.05, 3.63) is 78.3 Å². The lowest BCUT2D eigenvalue weighted by Gasteiger charge is -2.30. The van der Waals surface area contributed by atoms with Gasteiger partial charge < -0.3 is 14.9 Å². The summed E-state index contributed by atoms with van der Waals surface area (Å²) in [5.74, 6) is 2.38. The van der Waals surface area contributed by atoms with E-state index in [0.717, 1.165) is 51.9 Å². The second kappa shape index (κ2) is 9.76. The van der Waals surface area contributed by atoms with Crippen LogP contribution in [0.15, 0.2) is 72.0 Å². The van der Waals surface area contributed by atoms with E-state index in [1.165, 1.54) is 25.1 Å². The SMILES string of the molecule is C\C=C/C(=N\C(=C\C)Nc1ccc2c(c1)c(-c1ncc[nH]1)cn2C)n1cc(CN2CCC2)c(C)n1. The number of imidazole rings is 1. The summed E-state index contributed by atoms with van der Waals surface area (Å²) in [5, 5.41) is 9.37. The Balaban J connectivity index is 1.43. The molecule has 3 aromatic heterocycles. The van der Waals surface area contributed by atoms with Crippen molar-refractivity contribution in [3.63, 3.8) is 0 Å².